The highest BCUT2D eigenvalue weighted by atomic mass is 16.5. The number of hydrogen-bond donors (Lipinski definition) is 0. The quantitative estimate of drug-likeness (QED) is 0.618. The van der Waals surface area contributed by atoms with Crippen LogP contribution in [-0.4, -0.2) is 30.8 Å². The third-order valence-electron chi connectivity index (χ3n) is 5.44. The fourth-order valence-corrected chi connectivity index (χ4v) is 3.87. The first kappa shape index (κ1) is 19.2. The topological polar surface area (TPSA) is 58.4 Å². The average molecular weight is 387 g/mol. The highest BCUT2D eigenvalue weighted by molar-refractivity contribution is 5.92. The SMILES string of the molecule is CCO[C@H]1CCN(c2ccnc3cc(COc4ccc(C#N)cc4)c(C)cc23)C1. The molecule has 2 aromatic carbocycles. The molecule has 0 N–H and O–H groups in total. The molecule has 5 nitrogen and oxygen atoms in total. The zero-order chi connectivity index (χ0) is 20.2. The molecule has 29 heavy (non-hydrogen) atoms. The third-order valence-corrected chi connectivity index (χ3v) is 5.44. The normalized spacial score (nSPS) is 16.2. The molecule has 0 radical (unpaired) electrons. The summed E-state index contributed by atoms with van der Waals surface area (Å²) < 4.78 is 11.7. The summed E-state index contributed by atoms with van der Waals surface area (Å²) in [5, 5.41) is 10.1. The smallest absolute Gasteiger partial charge is 0.119 e. The van der Waals surface area contributed by atoms with Crippen LogP contribution >= 0.6 is 0 Å². The van der Waals surface area contributed by atoms with Gasteiger partial charge in [-0.3, -0.25) is 4.98 Å². The van der Waals surface area contributed by atoms with Crippen molar-refractivity contribution in [2.45, 2.75) is 33.0 Å². The summed E-state index contributed by atoms with van der Waals surface area (Å²) in [7, 11) is 0. The summed E-state index contributed by atoms with van der Waals surface area (Å²) in [5.41, 5.74) is 5.12. The number of aromatic nitrogens is 1. The summed E-state index contributed by atoms with van der Waals surface area (Å²) in [4.78, 5) is 7.00. The van der Waals surface area contributed by atoms with E-state index in [2.05, 4.69) is 48.0 Å². The third kappa shape index (κ3) is 4.18. The predicted molar refractivity (Wildman–Crippen MR) is 114 cm³/mol. The second-order valence-corrected chi connectivity index (χ2v) is 7.36. The number of nitriles is 1. The van der Waals surface area contributed by atoms with Crippen molar-refractivity contribution >= 4 is 16.6 Å². The van der Waals surface area contributed by atoms with E-state index in [-0.39, 0.29) is 0 Å². The largest absolute Gasteiger partial charge is 0.489 e. The fraction of sp³-hybridized carbons (Fsp3) is 0.333. The molecule has 1 aliphatic heterocycles. The molecule has 148 valence electrons. The molecule has 1 aromatic heterocycles. The lowest BCUT2D eigenvalue weighted by Gasteiger charge is -2.21. The number of benzene rings is 2. The van der Waals surface area contributed by atoms with E-state index in [1.807, 2.05) is 18.3 Å². The van der Waals surface area contributed by atoms with Crippen LogP contribution in [0.5, 0.6) is 5.75 Å². The van der Waals surface area contributed by atoms with Crippen LogP contribution in [0, 0.1) is 18.3 Å². The number of anilines is 1. The maximum atomic E-state index is 8.91. The van der Waals surface area contributed by atoms with E-state index in [4.69, 9.17) is 14.7 Å². The van der Waals surface area contributed by atoms with Gasteiger partial charge in [-0.25, -0.2) is 0 Å². The lowest BCUT2D eigenvalue weighted by atomic mass is 10.0. The molecule has 1 aliphatic rings. The number of ether oxygens (including phenoxy) is 2. The number of fused-ring (bicyclic) bond motifs is 1. The van der Waals surface area contributed by atoms with Gasteiger partial charge in [-0.2, -0.15) is 5.26 Å². The van der Waals surface area contributed by atoms with Crippen LogP contribution in [0.3, 0.4) is 0 Å². The molecule has 5 heteroatoms. The van der Waals surface area contributed by atoms with E-state index in [9.17, 15) is 0 Å². The van der Waals surface area contributed by atoms with Crippen LogP contribution in [0.25, 0.3) is 10.9 Å². The Morgan fingerprint density at radius 1 is 1.21 bits per heavy atom. The molecule has 1 fully saturated rings. The Kier molecular flexibility index (Phi) is 5.64. The van der Waals surface area contributed by atoms with Crippen molar-refractivity contribution in [1.82, 2.24) is 4.98 Å². The van der Waals surface area contributed by atoms with Crippen molar-refractivity contribution in [2.75, 3.05) is 24.6 Å². The molecule has 1 saturated heterocycles. The Morgan fingerprint density at radius 3 is 2.79 bits per heavy atom. The van der Waals surface area contributed by atoms with Crippen LogP contribution in [0.15, 0.2) is 48.7 Å². The van der Waals surface area contributed by atoms with Crippen LogP contribution < -0.4 is 9.64 Å². The van der Waals surface area contributed by atoms with Gasteiger partial charge in [0.1, 0.15) is 12.4 Å². The summed E-state index contributed by atoms with van der Waals surface area (Å²) in [6, 6.07) is 15.7. The first-order chi connectivity index (χ1) is 14.2. The summed E-state index contributed by atoms with van der Waals surface area (Å²) in [5.74, 6) is 0.754. The van der Waals surface area contributed by atoms with E-state index < -0.39 is 0 Å². The fourth-order valence-electron chi connectivity index (χ4n) is 3.87. The molecule has 0 spiro atoms. The molecule has 0 aliphatic carbocycles. The second-order valence-electron chi connectivity index (χ2n) is 7.36. The van der Waals surface area contributed by atoms with Crippen LogP contribution in [0.2, 0.25) is 0 Å². The summed E-state index contributed by atoms with van der Waals surface area (Å²) >= 11 is 0. The van der Waals surface area contributed by atoms with Crippen molar-refractivity contribution in [3.8, 4) is 11.8 Å². The molecular formula is C24H25N3O2. The van der Waals surface area contributed by atoms with Gasteiger partial charge in [-0.15, -0.1) is 0 Å². The Hall–Kier alpha value is -3.10. The molecule has 4 rings (SSSR count). The monoisotopic (exact) mass is 387 g/mol. The van der Waals surface area contributed by atoms with Crippen molar-refractivity contribution < 1.29 is 9.47 Å². The van der Waals surface area contributed by atoms with Crippen LogP contribution in [0.4, 0.5) is 5.69 Å². The standard InChI is InChI=1S/C24H25N3O2/c1-3-28-21-9-11-27(15-21)24-8-10-26-23-13-19(17(2)12-22(23)24)16-29-20-6-4-18(14-25)5-7-20/h4-8,10,12-13,21H,3,9,11,15-16H2,1-2H3/t21-/m0/s1. The van der Waals surface area contributed by atoms with E-state index in [1.165, 1.54) is 16.6 Å². The zero-order valence-electron chi connectivity index (χ0n) is 16.9. The minimum atomic E-state index is 0.310. The molecule has 0 amide bonds. The van der Waals surface area contributed by atoms with Crippen LogP contribution in [-0.2, 0) is 11.3 Å². The Balaban J connectivity index is 1.55. The lowest BCUT2D eigenvalue weighted by Crippen LogP contribution is -2.23. The molecule has 0 unspecified atom stereocenters. The van der Waals surface area contributed by atoms with Crippen molar-refractivity contribution in [3.05, 3.63) is 65.4 Å². The predicted octanol–water partition coefficient (Wildman–Crippen LogP) is 4.61. The molecule has 0 bridgehead atoms. The maximum Gasteiger partial charge on any atom is 0.119 e. The minimum absolute atomic E-state index is 0.310. The van der Waals surface area contributed by atoms with Crippen molar-refractivity contribution in [1.29, 1.82) is 5.26 Å². The number of pyridine rings is 1. The van der Waals surface area contributed by atoms with E-state index in [1.54, 1.807) is 12.1 Å². The maximum absolute atomic E-state index is 8.91. The van der Waals surface area contributed by atoms with Gasteiger partial charge in [0.15, 0.2) is 0 Å². The number of nitrogens with zero attached hydrogens (tertiary/aromatic N) is 3. The molecule has 0 saturated carbocycles. The van der Waals surface area contributed by atoms with Gasteiger partial charge in [0.2, 0.25) is 0 Å². The summed E-state index contributed by atoms with van der Waals surface area (Å²) in [6.45, 7) is 7.32. The summed E-state index contributed by atoms with van der Waals surface area (Å²) in [6.07, 6.45) is 3.25. The van der Waals surface area contributed by atoms with E-state index >= 15 is 0 Å². The van der Waals surface area contributed by atoms with Gasteiger partial charge in [0.05, 0.1) is 23.3 Å². The number of rotatable bonds is 6. The Morgan fingerprint density at radius 2 is 2.03 bits per heavy atom. The number of hydrogen-bond acceptors (Lipinski definition) is 5. The van der Waals surface area contributed by atoms with Gasteiger partial charge < -0.3 is 14.4 Å². The molecular weight excluding hydrogens is 362 g/mol. The minimum Gasteiger partial charge on any atom is -0.489 e. The highest BCUT2D eigenvalue weighted by Crippen LogP contribution is 2.31. The van der Waals surface area contributed by atoms with Gasteiger partial charge in [0, 0.05) is 37.0 Å². The van der Waals surface area contributed by atoms with Gasteiger partial charge in [0.25, 0.3) is 0 Å². The van der Waals surface area contributed by atoms with Gasteiger partial charge in [-0.05, 0) is 73.9 Å². The highest BCUT2D eigenvalue weighted by Gasteiger charge is 2.24. The van der Waals surface area contributed by atoms with Crippen molar-refractivity contribution in [2.24, 2.45) is 0 Å². The molecule has 1 atom stereocenters. The number of aryl methyl sites for hydroxylation is 1. The second kappa shape index (κ2) is 8.50. The first-order valence-corrected chi connectivity index (χ1v) is 10.1. The molecule has 2 heterocycles. The zero-order valence-corrected chi connectivity index (χ0v) is 16.9. The van der Waals surface area contributed by atoms with E-state index in [0.717, 1.165) is 42.9 Å². The average Bonchev–Trinajstić information content (AvgIpc) is 3.21. The Bertz CT molecular complexity index is 1040. The van der Waals surface area contributed by atoms with Gasteiger partial charge in [-0.1, -0.05) is 0 Å². The lowest BCUT2D eigenvalue weighted by molar-refractivity contribution is 0.0788. The molecule has 3 aromatic rings. The van der Waals surface area contributed by atoms with Crippen molar-refractivity contribution in [3.63, 3.8) is 0 Å². The van der Waals surface area contributed by atoms with Gasteiger partial charge >= 0.3 is 0 Å². The van der Waals surface area contributed by atoms with E-state index in [0.29, 0.717) is 18.3 Å². The first-order valence-electron chi connectivity index (χ1n) is 10.1. The van der Waals surface area contributed by atoms with Crippen LogP contribution in [0.1, 0.15) is 30.0 Å². The Labute approximate surface area is 171 Å².